The summed E-state index contributed by atoms with van der Waals surface area (Å²) < 4.78 is 10.8. The summed E-state index contributed by atoms with van der Waals surface area (Å²) in [5.74, 6) is 0. The van der Waals surface area contributed by atoms with Crippen LogP contribution < -0.4 is 0 Å². The first kappa shape index (κ1) is 11.4. The molecule has 0 spiro atoms. The van der Waals surface area contributed by atoms with E-state index in [1.807, 2.05) is 6.92 Å². The standard InChI is InChI=1S/C14H18O2/c1-11(2)13-5-3-4-12(10-13)6-7-14-15-8-9-16-14/h3-5,10,14H,1,6-9H2,2H3. The van der Waals surface area contributed by atoms with Crippen molar-refractivity contribution in [3.8, 4) is 0 Å². The lowest BCUT2D eigenvalue weighted by Crippen LogP contribution is -2.08. The summed E-state index contributed by atoms with van der Waals surface area (Å²) >= 11 is 0. The van der Waals surface area contributed by atoms with Crippen molar-refractivity contribution in [3.63, 3.8) is 0 Å². The third-order valence-electron chi connectivity index (χ3n) is 2.78. The molecular weight excluding hydrogens is 200 g/mol. The lowest BCUT2D eigenvalue weighted by atomic mass is 10.0. The average molecular weight is 218 g/mol. The Hall–Kier alpha value is -1.12. The Labute approximate surface area is 96.9 Å². The molecule has 2 nitrogen and oxygen atoms in total. The highest BCUT2D eigenvalue weighted by molar-refractivity contribution is 5.61. The maximum absolute atomic E-state index is 5.41. The van der Waals surface area contributed by atoms with Crippen LogP contribution in [0, 0.1) is 0 Å². The van der Waals surface area contributed by atoms with E-state index in [0.717, 1.165) is 31.6 Å². The number of hydrogen-bond donors (Lipinski definition) is 0. The van der Waals surface area contributed by atoms with Gasteiger partial charge in [0.25, 0.3) is 0 Å². The Morgan fingerprint density at radius 1 is 1.38 bits per heavy atom. The van der Waals surface area contributed by atoms with Gasteiger partial charge in [0.15, 0.2) is 6.29 Å². The van der Waals surface area contributed by atoms with Crippen LogP contribution in [0.25, 0.3) is 5.57 Å². The number of aryl methyl sites for hydroxylation is 1. The summed E-state index contributed by atoms with van der Waals surface area (Å²) in [5.41, 5.74) is 3.64. The fraction of sp³-hybridized carbons (Fsp3) is 0.429. The molecule has 1 aromatic rings. The number of ether oxygens (including phenoxy) is 2. The third kappa shape index (κ3) is 2.94. The zero-order valence-electron chi connectivity index (χ0n) is 9.74. The van der Waals surface area contributed by atoms with Crippen LogP contribution in [0.4, 0.5) is 0 Å². The van der Waals surface area contributed by atoms with Gasteiger partial charge in [0.1, 0.15) is 0 Å². The van der Waals surface area contributed by atoms with Crippen LogP contribution in [0.1, 0.15) is 24.5 Å². The van der Waals surface area contributed by atoms with Crippen molar-refractivity contribution in [1.29, 1.82) is 0 Å². The van der Waals surface area contributed by atoms with Gasteiger partial charge in [0, 0.05) is 6.42 Å². The first-order valence-corrected chi connectivity index (χ1v) is 5.74. The first-order chi connectivity index (χ1) is 7.75. The molecule has 1 aliphatic rings. The van der Waals surface area contributed by atoms with Crippen molar-refractivity contribution >= 4 is 5.57 Å². The Balaban J connectivity index is 1.93. The minimum atomic E-state index is -0.00603. The normalized spacial score (nSPS) is 16.6. The molecule has 2 heteroatoms. The van der Waals surface area contributed by atoms with Crippen LogP contribution in [0.5, 0.6) is 0 Å². The Bertz CT molecular complexity index is 365. The molecule has 1 fully saturated rings. The zero-order chi connectivity index (χ0) is 11.4. The zero-order valence-corrected chi connectivity index (χ0v) is 9.74. The molecule has 0 unspecified atom stereocenters. The monoisotopic (exact) mass is 218 g/mol. The summed E-state index contributed by atoms with van der Waals surface area (Å²) in [6.07, 6.45) is 1.92. The number of benzene rings is 1. The average Bonchev–Trinajstić information content (AvgIpc) is 2.79. The fourth-order valence-electron chi connectivity index (χ4n) is 1.85. The molecule has 0 N–H and O–H groups in total. The Morgan fingerprint density at radius 3 is 2.81 bits per heavy atom. The van der Waals surface area contributed by atoms with Crippen LogP contribution in [0.15, 0.2) is 30.8 Å². The van der Waals surface area contributed by atoms with Crippen molar-refractivity contribution < 1.29 is 9.47 Å². The SMILES string of the molecule is C=C(C)c1cccc(CCC2OCCO2)c1. The molecular formula is C14H18O2. The van der Waals surface area contributed by atoms with E-state index >= 15 is 0 Å². The molecule has 0 aromatic heterocycles. The van der Waals surface area contributed by atoms with Gasteiger partial charge in [-0.25, -0.2) is 0 Å². The van der Waals surface area contributed by atoms with E-state index in [1.54, 1.807) is 0 Å². The fourth-order valence-corrected chi connectivity index (χ4v) is 1.85. The van der Waals surface area contributed by atoms with Gasteiger partial charge in [0.2, 0.25) is 0 Å². The van der Waals surface area contributed by atoms with Crippen molar-refractivity contribution in [2.45, 2.75) is 26.1 Å². The van der Waals surface area contributed by atoms with Gasteiger partial charge in [-0.1, -0.05) is 36.4 Å². The lowest BCUT2D eigenvalue weighted by molar-refractivity contribution is -0.0461. The van der Waals surface area contributed by atoms with Crippen molar-refractivity contribution in [2.75, 3.05) is 13.2 Å². The van der Waals surface area contributed by atoms with Gasteiger partial charge >= 0.3 is 0 Å². The molecule has 0 bridgehead atoms. The first-order valence-electron chi connectivity index (χ1n) is 5.74. The Morgan fingerprint density at radius 2 is 2.12 bits per heavy atom. The van der Waals surface area contributed by atoms with Gasteiger partial charge in [0.05, 0.1) is 13.2 Å². The highest BCUT2D eigenvalue weighted by atomic mass is 16.7. The molecule has 0 aliphatic carbocycles. The molecule has 1 aromatic carbocycles. The molecule has 0 atom stereocenters. The lowest BCUT2D eigenvalue weighted by Gasteiger charge is -2.09. The van der Waals surface area contributed by atoms with E-state index in [9.17, 15) is 0 Å². The summed E-state index contributed by atoms with van der Waals surface area (Å²) in [4.78, 5) is 0. The van der Waals surface area contributed by atoms with Crippen LogP contribution >= 0.6 is 0 Å². The van der Waals surface area contributed by atoms with E-state index in [0.29, 0.717) is 0 Å². The topological polar surface area (TPSA) is 18.5 Å². The second-order valence-electron chi connectivity index (χ2n) is 4.19. The predicted molar refractivity (Wildman–Crippen MR) is 65.2 cm³/mol. The van der Waals surface area contributed by atoms with E-state index in [2.05, 4.69) is 30.8 Å². The van der Waals surface area contributed by atoms with Crippen LogP contribution in [-0.4, -0.2) is 19.5 Å². The maximum atomic E-state index is 5.41. The second kappa shape index (κ2) is 5.28. The van der Waals surface area contributed by atoms with E-state index in [4.69, 9.17) is 9.47 Å². The molecule has 1 saturated heterocycles. The number of hydrogen-bond acceptors (Lipinski definition) is 2. The van der Waals surface area contributed by atoms with Gasteiger partial charge < -0.3 is 9.47 Å². The minimum Gasteiger partial charge on any atom is -0.350 e. The Kier molecular flexibility index (Phi) is 3.75. The molecule has 0 saturated carbocycles. The van der Waals surface area contributed by atoms with Gasteiger partial charge in [-0.2, -0.15) is 0 Å². The molecule has 86 valence electrons. The van der Waals surface area contributed by atoms with Crippen LogP contribution in [0.2, 0.25) is 0 Å². The van der Waals surface area contributed by atoms with Crippen molar-refractivity contribution in [2.24, 2.45) is 0 Å². The van der Waals surface area contributed by atoms with Crippen LogP contribution in [-0.2, 0) is 15.9 Å². The molecule has 1 aliphatic heterocycles. The van der Waals surface area contributed by atoms with Gasteiger partial charge in [-0.3, -0.25) is 0 Å². The highest BCUT2D eigenvalue weighted by Gasteiger charge is 2.15. The third-order valence-corrected chi connectivity index (χ3v) is 2.78. The van der Waals surface area contributed by atoms with E-state index in [-0.39, 0.29) is 6.29 Å². The van der Waals surface area contributed by atoms with Crippen molar-refractivity contribution in [1.82, 2.24) is 0 Å². The summed E-state index contributed by atoms with van der Waals surface area (Å²) in [5, 5.41) is 0. The molecule has 16 heavy (non-hydrogen) atoms. The number of allylic oxidation sites excluding steroid dienone is 1. The smallest absolute Gasteiger partial charge is 0.158 e. The predicted octanol–water partition coefficient (Wildman–Crippen LogP) is 3.03. The van der Waals surface area contributed by atoms with Crippen molar-refractivity contribution in [3.05, 3.63) is 42.0 Å². The van der Waals surface area contributed by atoms with Gasteiger partial charge in [-0.15, -0.1) is 0 Å². The van der Waals surface area contributed by atoms with E-state index < -0.39 is 0 Å². The molecule has 1 heterocycles. The largest absolute Gasteiger partial charge is 0.350 e. The second-order valence-corrected chi connectivity index (χ2v) is 4.19. The van der Waals surface area contributed by atoms with E-state index in [1.165, 1.54) is 11.1 Å². The quantitative estimate of drug-likeness (QED) is 0.773. The van der Waals surface area contributed by atoms with Crippen LogP contribution in [0.3, 0.4) is 0 Å². The summed E-state index contributed by atoms with van der Waals surface area (Å²) in [6.45, 7) is 7.45. The molecule has 0 radical (unpaired) electrons. The molecule has 0 amide bonds. The molecule has 2 rings (SSSR count). The van der Waals surface area contributed by atoms with Gasteiger partial charge in [-0.05, 0) is 24.5 Å². The maximum Gasteiger partial charge on any atom is 0.158 e. The summed E-state index contributed by atoms with van der Waals surface area (Å²) in [6, 6.07) is 8.50. The minimum absolute atomic E-state index is 0.00603. The summed E-state index contributed by atoms with van der Waals surface area (Å²) in [7, 11) is 0. The highest BCUT2D eigenvalue weighted by Crippen LogP contribution is 2.16. The number of rotatable bonds is 4.